The van der Waals surface area contributed by atoms with Crippen molar-refractivity contribution in [1.82, 2.24) is 14.7 Å². The van der Waals surface area contributed by atoms with Gasteiger partial charge in [0.1, 0.15) is 0 Å². The van der Waals surface area contributed by atoms with Gasteiger partial charge in [0.05, 0.1) is 11.9 Å². The number of ether oxygens (including phenoxy) is 1. The van der Waals surface area contributed by atoms with E-state index in [1.165, 1.54) is 6.07 Å². The van der Waals surface area contributed by atoms with E-state index in [1.807, 2.05) is 56.5 Å². The van der Waals surface area contributed by atoms with E-state index in [0.29, 0.717) is 5.76 Å². The minimum absolute atomic E-state index is 0.188. The Hall–Kier alpha value is -3.08. The maximum absolute atomic E-state index is 14.2. The summed E-state index contributed by atoms with van der Waals surface area (Å²) in [5, 5.41) is 4.20. The van der Waals surface area contributed by atoms with Gasteiger partial charge >= 0.3 is 0 Å². The van der Waals surface area contributed by atoms with Gasteiger partial charge in [-0.3, -0.25) is 4.68 Å². The molecule has 0 amide bonds. The molecular formula is C20H20FN3O. The summed E-state index contributed by atoms with van der Waals surface area (Å²) in [6, 6.07) is 4.91. The molecular weight excluding hydrogens is 317 g/mol. The van der Waals surface area contributed by atoms with Gasteiger partial charge in [0.15, 0.2) is 17.3 Å². The van der Waals surface area contributed by atoms with Crippen LogP contribution in [0.4, 0.5) is 4.39 Å². The molecule has 0 spiro atoms. The number of allylic oxidation sites excluding steroid dienone is 4. The van der Waals surface area contributed by atoms with Gasteiger partial charge in [0.2, 0.25) is 0 Å². The summed E-state index contributed by atoms with van der Waals surface area (Å²) in [4.78, 5) is 1.92. The first-order valence-corrected chi connectivity index (χ1v) is 7.90. The third-order valence-corrected chi connectivity index (χ3v) is 3.87. The second-order valence-corrected chi connectivity index (χ2v) is 5.93. The molecule has 25 heavy (non-hydrogen) atoms. The monoisotopic (exact) mass is 337 g/mol. The zero-order chi connectivity index (χ0) is 18.0. The highest BCUT2D eigenvalue weighted by atomic mass is 19.1. The molecule has 2 heterocycles. The highest BCUT2D eigenvalue weighted by Crippen LogP contribution is 2.31. The SMILES string of the molecule is C=C/C=C1/C(Oc2ccc(C)cc2F)=CC(c2cnn(C)c2)=CN1C. The van der Waals surface area contributed by atoms with Crippen LogP contribution in [-0.4, -0.2) is 21.7 Å². The second-order valence-electron chi connectivity index (χ2n) is 5.93. The number of nitrogens with zero attached hydrogens (tertiary/aromatic N) is 3. The normalized spacial score (nSPS) is 15.8. The van der Waals surface area contributed by atoms with Crippen LogP contribution in [0.1, 0.15) is 11.1 Å². The van der Waals surface area contributed by atoms with Crippen molar-refractivity contribution in [3.63, 3.8) is 0 Å². The molecule has 1 aliphatic heterocycles. The van der Waals surface area contributed by atoms with E-state index in [-0.39, 0.29) is 11.6 Å². The standard InChI is InChI=1S/C20H20FN3O/c1-5-6-18-20(25-19-8-7-14(2)9-17(19)21)10-15(12-23(18)3)16-11-22-24(4)13-16/h5-13H,1H2,2-4H3/b18-6-. The highest BCUT2D eigenvalue weighted by molar-refractivity contribution is 5.76. The largest absolute Gasteiger partial charge is 0.452 e. The molecule has 0 radical (unpaired) electrons. The molecule has 0 atom stereocenters. The lowest BCUT2D eigenvalue weighted by Gasteiger charge is -2.26. The van der Waals surface area contributed by atoms with Crippen LogP contribution in [0.3, 0.4) is 0 Å². The molecule has 0 unspecified atom stereocenters. The lowest BCUT2D eigenvalue weighted by molar-refractivity contribution is 0.375. The Labute approximate surface area is 146 Å². The number of aryl methyl sites for hydroxylation is 2. The molecule has 1 aromatic heterocycles. The van der Waals surface area contributed by atoms with Crippen LogP contribution in [0.2, 0.25) is 0 Å². The van der Waals surface area contributed by atoms with E-state index in [4.69, 9.17) is 4.74 Å². The maximum Gasteiger partial charge on any atom is 0.165 e. The molecule has 2 aromatic rings. The number of likely N-dealkylation sites (N-methyl/N-ethyl adjacent to an activating group) is 1. The van der Waals surface area contributed by atoms with Gasteiger partial charge in [-0.25, -0.2) is 4.39 Å². The smallest absolute Gasteiger partial charge is 0.165 e. The van der Waals surface area contributed by atoms with Crippen LogP contribution in [0.25, 0.3) is 5.57 Å². The highest BCUT2D eigenvalue weighted by Gasteiger charge is 2.20. The zero-order valence-electron chi connectivity index (χ0n) is 14.5. The molecule has 0 saturated carbocycles. The molecule has 0 bridgehead atoms. The van der Waals surface area contributed by atoms with Gasteiger partial charge in [-0.2, -0.15) is 5.10 Å². The molecule has 0 N–H and O–H groups in total. The molecule has 1 aromatic carbocycles. The Morgan fingerprint density at radius 2 is 2.08 bits per heavy atom. The Bertz CT molecular complexity index is 905. The topological polar surface area (TPSA) is 30.3 Å². The van der Waals surface area contributed by atoms with Gasteiger partial charge in [0, 0.05) is 37.6 Å². The predicted molar refractivity (Wildman–Crippen MR) is 97.1 cm³/mol. The summed E-state index contributed by atoms with van der Waals surface area (Å²) in [6.07, 6.45) is 11.1. The van der Waals surface area contributed by atoms with Crippen LogP contribution in [-0.2, 0) is 7.05 Å². The van der Waals surface area contributed by atoms with Crippen molar-refractivity contribution in [1.29, 1.82) is 0 Å². The van der Waals surface area contributed by atoms with Crippen molar-refractivity contribution in [3.8, 4) is 5.75 Å². The number of hydrogen-bond donors (Lipinski definition) is 0. The Morgan fingerprint density at radius 3 is 2.72 bits per heavy atom. The number of halogens is 1. The first-order valence-electron chi connectivity index (χ1n) is 7.90. The average molecular weight is 337 g/mol. The second kappa shape index (κ2) is 6.81. The fourth-order valence-electron chi connectivity index (χ4n) is 2.63. The molecule has 3 rings (SSSR count). The van der Waals surface area contributed by atoms with Crippen molar-refractivity contribution in [2.45, 2.75) is 6.92 Å². The number of hydrogen-bond acceptors (Lipinski definition) is 3. The molecule has 0 saturated heterocycles. The fraction of sp³-hybridized carbons (Fsp3) is 0.150. The third kappa shape index (κ3) is 3.55. The molecule has 5 heteroatoms. The fourth-order valence-corrected chi connectivity index (χ4v) is 2.63. The van der Waals surface area contributed by atoms with Crippen molar-refractivity contribution in [2.75, 3.05) is 7.05 Å². The average Bonchev–Trinajstić information content (AvgIpc) is 2.99. The summed E-state index contributed by atoms with van der Waals surface area (Å²) in [6.45, 7) is 5.59. The first-order chi connectivity index (χ1) is 12.0. The van der Waals surface area contributed by atoms with E-state index in [2.05, 4.69) is 11.7 Å². The summed E-state index contributed by atoms with van der Waals surface area (Å²) in [5.74, 6) is 0.346. The van der Waals surface area contributed by atoms with Crippen molar-refractivity contribution >= 4 is 5.57 Å². The molecule has 0 fully saturated rings. The van der Waals surface area contributed by atoms with E-state index < -0.39 is 0 Å². The number of rotatable bonds is 4. The number of aromatic nitrogens is 2. The Kier molecular flexibility index (Phi) is 4.57. The maximum atomic E-state index is 14.2. The minimum Gasteiger partial charge on any atom is -0.452 e. The van der Waals surface area contributed by atoms with Crippen molar-refractivity contribution in [3.05, 3.63) is 90.0 Å². The quantitative estimate of drug-likeness (QED) is 0.838. The van der Waals surface area contributed by atoms with Gasteiger partial charge in [-0.1, -0.05) is 18.7 Å². The van der Waals surface area contributed by atoms with Gasteiger partial charge < -0.3 is 9.64 Å². The van der Waals surface area contributed by atoms with Gasteiger partial charge in [-0.15, -0.1) is 0 Å². The van der Waals surface area contributed by atoms with Crippen molar-refractivity contribution in [2.24, 2.45) is 7.05 Å². The first kappa shape index (κ1) is 16.8. The molecule has 128 valence electrons. The summed E-state index contributed by atoms with van der Waals surface area (Å²) in [7, 11) is 3.77. The van der Waals surface area contributed by atoms with Crippen LogP contribution in [0, 0.1) is 12.7 Å². The van der Waals surface area contributed by atoms with Gasteiger partial charge in [0.25, 0.3) is 0 Å². The van der Waals surface area contributed by atoms with Crippen molar-refractivity contribution < 1.29 is 9.13 Å². The summed E-state index contributed by atoms with van der Waals surface area (Å²) >= 11 is 0. The van der Waals surface area contributed by atoms with Crippen LogP contribution < -0.4 is 4.74 Å². The van der Waals surface area contributed by atoms with E-state index in [0.717, 1.165) is 22.4 Å². The summed E-state index contributed by atoms with van der Waals surface area (Å²) in [5.41, 5.74) is 3.52. The molecule has 0 aliphatic carbocycles. The molecule has 1 aliphatic rings. The lowest BCUT2D eigenvalue weighted by atomic mass is 10.1. The van der Waals surface area contributed by atoms with Gasteiger partial charge in [-0.05, 0) is 36.8 Å². The van der Waals surface area contributed by atoms with Crippen LogP contribution in [0.15, 0.2) is 73.1 Å². The zero-order valence-corrected chi connectivity index (χ0v) is 14.5. The van der Waals surface area contributed by atoms with E-state index >= 15 is 0 Å². The molecule has 4 nitrogen and oxygen atoms in total. The van der Waals surface area contributed by atoms with Crippen LogP contribution in [0.5, 0.6) is 5.75 Å². The minimum atomic E-state index is -0.390. The summed E-state index contributed by atoms with van der Waals surface area (Å²) < 4.78 is 21.8. The van der Waals surface area contributed by atoms with Crippen LogP contribution >= 0.6 is 0 Å². The van der Waals surface area contributed by atoms with E-state index in [9.17, 15) is 4.39 Å². The third-order valence-electron chi connectivity index (χ3n) is 3.87. The number of benzene rings is 1. The predicted octanol–water partition coefficient (Wildman–Crippen LogP) is 4.19. The Balaban J connectivity index is 2.01. The Morgan fingerprint density at radius 1 is 1.28 bits per heavy atom. The van der Waals surface area contributed by atoms with E-state index in [1.54, 1.807) is 23.0 Å². The lowest BCUT2D eigenvalue weighted by Crippen LogP contribution is -2.19.